The lowest BCUT2D eigenvalue weighted by Gasteiger charge is -2.24. The first-order valence-electron chi connectivity index (χ1n) is 8.52. The number of amides is 2. The van der Waals surface area contributed by atoms with E-state index in [0.717, 1.165) is 0 Å². The van der Waals surface area contributed by atoms with Gasteiger partial charge in [0.05, 0.1) is 0 Å². The summed E-state index contributed by atoms with van der Waals surface area (Å²) < 4.78 is 13.0. The molecule has 2 amide bonds. The van der Waals surface area contributed by atoms with E-state index in [9.17, 15) is 23.9 Å². The lowest BCUT2D eigenvalue weighted by atomic mass is 9.88. The van der Waals surface area contributed by atoms with Gasteiger partial charge in [-0.05, 0) is 36.0 Å². The highest BCUT2D eigenvalue weighted by Gasteiger charge is 2.27. The van der Waals surface area contributed by atoms with Gasteiger partial charge in [-0.25, -0.2) is 9.18 Å². The number of aliphatic carboxylic acids is 1. The van der Waals surface area contributed by atoms with Crippen molar-refractivity contribution in [1.82, 2.24) is 10.6 Å². The fraction of sp³-hybridized carbons (Fsp3) is 0.526. The topological polar surface area (TPSA) is 95.5 Å². The summed E-state index contributed by atoms with van der Waals surface area (Å²) in [5.74, 6) is -2.51. The largest absolute Gasteiger partial charge is 0.480 e. The molecule has 0 spiro atoms. The Morgan fingerprint density at radius 1 is 1.08 bits per heavy atom. The molecule has 0 saturated carbocycles. The van der Waals surface area contributed by atoms with Gasteiger partial charge in [0.1, 0.15) is 17.9 Å². The number of benzene rings is 1. The molecule has 0 radical (unpaired) electrons. The zero-order valence-corrected chi connectivity index (χ0v) is 15.6. The van der Waals surface area contributed by atoms with E-state index in [4.69, 9.17) is 0 Å². The van der Waals surface area contributed by atoms with Crippen molar-refractivity contribution in [3.05, 3.63) is 35.6 Å². The van der Waals surface area contributed by atoms with E-state index >= 15 is 0 Å². The molecule has 0 heterocycles. The monoisotopic (exact) mass is 366 g/mol. The van der Waals surface area contributed by atoms with Crippen LogP contribution in [0.5, 0.6) is 0 Å². The molecule has 0 aliphatic carbocycles. The first kappa shape index (κ1) is 21.6. The third-order valence-electron chi connectivity index (χ3n) is 3.84. The summed E-state index contributed by atoms with van der Waals surface area (Å²) in [7, 11) is 0. The summed E-state index contributed by atoms with van der Waals surface area (Å²) >= 11 is 0. The second-order valence-corrected chi connectivity index (χ2v) is 7.58. The Hall–Kier alpha value is -2.44. The van der Waals surface area contributed by atoms with Gasteiger partial charge >= 0.3 is 5.97 Å². The van der Waals surface area contributed by atoms with Crippen LogP contribution in [0.25, 0.3) is 0 Å². The highest BCUT2D eigenvalue weighted by Crippen LogP contribution is 2.21. The van der Waals surface area contributed by atoms with E-state index in [1.807, 2.05) is 20.8 Å². The first-order chi connectivity index (χ1) is 12.0. The predicted molar refractivity (Wildman–Crippen MR) is 96.0 cm³/mol. The fourth-order valence-corrected chi connectivity index (χ4v) is 2.42. The van der Waals surface area contributed by atoms with Gasteiger partial charge in [0.15, 0.2) is 0 Å². The van der Waals surface area contributed by atoms with Gasteiger partial charge in [0.25, 0.3) is 0 Å². The van der Waals surface area contributed by atoms with Crippen LogP contribution in [0.3, 0.4) is 0 Å². The Bertz CT molecular complexity index is 638. The minimum atomic E-state index is -1.12. The van der Waals surface area contributed by atoms with Crippen molar-refractivity contribution < 1.29 is 23.9 Å². The molecule has 7 heteroatoms. The lowest BCUT2D eigenvalue weighted by molar-refractivity contribution is -0.142. The van der Waals surface area contributed by atoms with Crippen molar-refractivity contribution in [2.45, 2.75) is 59.0 Å². The zero-order valence-electron chi connectivity index (χ0n) is 15.6. The standard InChI is InChI=1S/C19H27FN2O4/c1-12(23)21-16(11-13-5-7-14(20)8-6-13)17(24)22-15(18(25)26)9-10-19(2,3)4/h5-8,15-16H,9-11H2,1-4H3,(H,21,23)(H,22,24)(H,25,26)/t15-,16-/m0/s1. The van der Waals surface area contributed by atoms with Crippen LogP contribution in [0.1, 0.15) is 46.1 Å². The minimum Gasteiger partial charge on any atom is -0.480 e. The van der Waals surface area contributed by atoms with Gasteiger partial charge in [-0.2, -0.15) is 0 Å². The molecular weight excluding hydrogens is 339 g/mol. The smallest absolute Gasteiger partial charge is 0.326 e. The molecule has 1 rings (SSSR count). The number of carboxylic acids is 1. The average molecular weight is 366 g/mol. The van der Waals surface area contributed by atoms with Crippen molar-refractivity contribution in [2.75, 3.05) is 0 Å². The first-order valence-corrected chi connectivity index (χ1v) is 8.52. The van der Waals surface area contributed by atoms with Crippen LogP contribution in [0, 0.1) is 11.2 Å². The van der Waals surface area contributed by atoms with E-state index in [1.165, 1.54) is 31.2 Å². The molecule has 0 unspecified atom stereocenters. The predicted octanol–water partition coefficient (Wildman–Crippen LogP) is 2.27. The third kappa shape index (κ3) is 8.09. The average Bonchev–Trinajstić information content (AvgIpc) is 2.51. The van der Waals surface area contributed by atoms with E-state index in [-0.39, 0.29) is 18.3 Å². The summed E-state index contributed by atoms with van der Waals surface area (Å²) in [6, 6.07) is 3.60. The summed E-state index contributed by atoms with van der Waals surface area (Å²) in [5, 5.41) is 14.4. The summed E-state index contributed by atoms with van der Waals surface area (Å²) in [6.45, 7) is 7.24. The number of hydrogen-bond donors (Lipinski definition) is 3. The SMILES string of the molecule is CC(=O)N[C@@H](Cc1ccc(F)cc1)C(=O)N[C@@H](CCC(C)(C)C)C(=O)O. The molecule has 3 N–H and O–H groups in total. The molecule has 0 aliphatic heterocycles. The molecule has 0 saturated heterocycles. The molecule has 1 aromatic carbocycles. The van der Waals surface area contributed by atoms with Crippen LogP contribution in [0.4, 0.5) is 4.39 Å². The van der Waals surface area contributed by atoms with Gasteiger partial charge in [-0.1, -0.05) is 32.9 Å². The Morgan fingerprint density at radius 3 is 2.12 bits per heavy atom. The van der Waals surface area contributed by atoms with Gasteiger partial charge in [0, 0.05) is 13.3 Å². The Labute approximate surface area is 153 Å². The van der Waals surface area contributed by atoms with Gasteiger partial charge in [0.2, 0.25) is 11.8 Å². The Morgan fingerprint density at radius 2 is 1.65 bits per heavy atom. The van der Waals surface area contributed by atoms with Crippen LogP contribution < -0.4 is 10.6 Å². The molecule has 0 aliphatic rings. The van der Waals surface area contributed by atoms with Gasteiger partial charge in [-0.3, -0.25) is 9.59 Å². The van der Waals surface area contributed by atoms with Crippen molar-refractivity contribution in [1.29, 1.82) is 0 Å². The summed E-state index contributed by atoms with van der Waals surface area (Å²) in [4.78, 5) is 35.4. The van der Waals surface area contributed by atoms with Gasteiger partial charge < -0.3 is 15.7 Å². The Kier molecular flexibility index (Phi) is 7.74. The molecule has 1 aromatic rings. The van der Waals surface area contributed by atoms with Crippen LogP contribution >= 0.6 is 0 Å². The van der Waals surface area contributed by atoms with E-state index < -0.39 is 35.7 Å². The molecule has 6 nitrogen and oxygen atoms in total. The number of hydrogen-bond acceptors (Lipinski definition) is 3. The van der Waals surface area contributed by atoms with Crippen molar-refractivity contribution >= 4 is 17.8 Å². The summed E-state index contributed by atoms with van der Waals surface area (Å²) in [5.41, 5.74) is 0.589. The van der Waals surface area contributed by atoms with Crippen molar-refractivity contribution in [3.63, 3.8) is 0 Å². The summed E-state index contributed by atoms with van der Waals surface area (Å²) in [6.07, 6.45) is 1.04. The quantitative estimate of drug-likeness (QED) is 0.658. The normalized spacial score (nSPS) is 13.6. The van der Waals surface area contributed by atoms with Crippen LogP contribution in [-0.2, 0) is 20.8 Å². The van der Waals surface area contributed by atoms with Crippen LogP contribution in [0.2, 0.25) is 0 Å². The van der Waals surface area contributed by atoms with Crippen LogP contribution in [-0.4, -0.2) is 35.0 Å². The molecule has 0 aromatic heterocycles. The number of carboxylic acid groups (broad SMARTS) is 1. The molecule has 144 valence electrons. The number of rotatable bonds is 8. The zero-order chi connectivity index (χ0) is 19.9. The molecular formula is C19H27FN2O4. The van der Waals surface area contributed by atoms with Gasteiger partial charge in [-0.15, -0.1) is 0 Å². The lowest BCUT2D eigenvalue weighted by Crippen LogP contribution is -2.52. The van der Waals surface area contributed by atoms with Crippen LogP contribution in [0.15, 0.2) is 24.3 Å². The molecule has 26 heavy (non-hydrogen) atoms. The Balaban J connectivity index is 2.83. The fourth-order valence-electron chi connectivity index (χ4n) is 2.42. The minimum absolute atomic E-state index is 0.0659. The van der Waals surface area contributed by atoms with Crippen molar-refractivity contribution in [2.24, 2.45) is 5.41 Å². The number of carbonyl (C=O) groups excluding carboxylic acids is 2. The van der Waals surface area contributed by atoms with E-state index in [0.29, 0.717) is 12.0 Å². The molecule has 2 atom stereocenters. The van der Waals surface area contributed by atoms with E-state index in [1.54, 1.807) is 0 Å². The highest BCUT2D eigenvalue weighted by molar-refractivity contribution is 5.90. The third-order valence-corrected chi connectivity index (χ3v) is 3.84. The number of nitrogens with one attached hydrogen (secondary N) is 2. The maximum atomic E-state index is 13.0. The maximum Gasteiger partial charge on any atom is 0.326 e. The maximum absolute atomic E-state index is 13.0. The number of halogens is 1. The molecule has 0 fully saturated rings. The second-order valence-electron chi connectivity index (χ2n) is 7.58. The molecule has 0 bridgehead atoms. The number of carbonyl (C=O) groups is 3. The van der Waals surface area contributed by atoms with E-state index in [2.05, 4.69) is 10.6 Å². The second kappa shape index (κ2) is 9.31. The van der Waals surface area contributed by atoms with Crippen molar-refractivity contribution in [3.8, 4) is 0 Å². The highest BCUT2D eigenvalue weighted by atomic mass is 19.1.